The average molecular weight is 161 g/mol. The highest BCUT2D eigenvalue weighted by Gasteiger charge is 2.09. The van der Waals surface area contributed by atoms with Gasteiger partial charge in [-0.25, -0.2) is 0 Å². The van der Waals surface area contributed by atoms with Crippen LogP contribution in [0.2, 0.25) is 0 Å². The van der Waals surface area contributed by atoms with Gasteiger partial charge in [-0.3, -0.25) is 19.7 Å². The second kappa shape index (κ2) is 4.37. The van der Waals surface area contributed by atoms with Crippen molar-refractivity contribution in [3.05, 3.63) is 10.1 Å². The molecule has 0 bridgehead atoms. The third kappa shape index (κ3) is 6.42. The van der Waals surface area contributed by atoms with Gasteiger partial charge in [0.2, 0.25) is 6.54 Å². The van der Waals surface area contributed by atoms with Crippen molar-refractivity contribution in [2.45, 2.75) is 13.3 Å². The molecule has 0 radical (unpaired) electrons. The van der Waals surface area contributed by atoms with Crippen LogP contribution in [0.3, 0.4) is 0 Å². The summed E-state index contributed by atoms with van der Waals surface area (Å²) in [4.78, 5) is 29.5. The number of carbonyl (C=O) groups excluding carboxylic acids is 2. The zero-order valence-corrected chi connectivity index (χ0v) is 5.90. The molecule has 0 rings (SSSR count). The first-order valence-corrected chi connectivity index (χ1v) is 2.85. The Bertz CT molecular complexity index is 187. The predicted octanol–water partition coefficient (Wildman–Crippen LogP) is -0.257. The summed E-state index contributed by atoms with van der Waals surface area (Å²) in [5.41, 5.74) is 0. The van der Waals surface area contributed by atoms with Gasteiger partial charge in [-0.15, -0.1) is 0 Å². The van der Waals surface area contributed by atoms with E-state index >= 15 is 0 Å². The molecule has 0 aromatic carbocycles. The molecule has 0 fully saturated rings. The molecule has 6 nitrogen and oxygen atoms in total. The van der Waals surface area contributed by atoms with Gasteiger partial charge in [0.05, 0.1) is 0 Å². The molecule has 0 amide bonds. The summed E-state index contributed by atoms with van der Waals surface area (Å²) in [5, 5.41) is 9.70. The maximum atomic E-state index is 10.4. The lowest BCUT2D eigenvalue weighted by molar-refractivity contribution is -0.478. The summed E-state index contributed by atoms with van der Waals surface area (Å²) in [6.45, 7) is 0.552. The summed E-state index contributed by atoms with van der Waals surface area (Å²) < 4.78 is 4.02. The summed E-state index contributed by atoms with van der Waals surface area (Å²) in [7, 11) is 0. The molecule has 11 heavy (non-hydrogen) atoms. The first-order valence-electron chi connectivity index (χ1n) is 2.85. The molecule has 0 atom stereocenters. The van der Waals surface area contributed by atoms with Crippen molar-refractivity contribution in [2.75, 3.05) is 6.54 Å². The number of hydrogen-bond donors (Lipinski definition) is 0. The van der Waals surface area contributed by atoms with Crippen LogP contribution in [-0.4, -0.2) is 23.4 Å². The second-order valence-corrected chi connectivity index (χ2v) is 1.77. The summed E-state index contributed by atoms with van der Waals surface area (Å²) in [5.74, 6) is -1.62. The van der Waals surface area contributed by atoms with E-state index in [0.29, 0.717) is 0 Å². The van der Waals surface area contributed by atoms with Gasteiger partial charge in [0, 0.05) is 11.8 Å². The molecule has 0 spiro atoms. The molecule has 0 aliphatic carbocycles. The lowest BCUT2D eigenvalue weighted by Crippen LogP contribution is -2.13. The third-order valence-electron chi connectivity index (χ3n) is 0.756. The minimum atomic E-state index is -0.866. The van der Waals surface area contributed by atoms with Gasteiger partial charge in [0.15, 0.2) is 0 Å². The Hall–Kier alpha value is -1.46. The SMILES string of the molecule is CC(=O)OC(=O)CC[N+](=O)[O-]. The molecule has 0 heterocycles. The molecule has 0 aromatic heterocycles. The summed E-state index contributed by atoms with van der Waals surface area (Å²) >= 11 is 0. The lowest BCUT2D eigenvalue weighted by atomic mass is 10.4. The van der Waals surface area contributed by atoms with Crippen molar-refractivity contribution in [2.24, 2.45) is 0 Å². The minimum absolute atomic E-state index is 0.368. The topological polar surface area (TPSA) is 86.5 Å². The lowest BCUT2D eigenvalue weighted by Gasteiger charge is -1.94. The van der Waals surface area contributed by atoms with Crippen molar-refractivity contribution in [3.8, 4) is 0 Å². The molecule has 0 saturated carbocycles. The van der Waals surface area contributed by atoms with Crippen molar-refractivity contribution in [1.29, 1.82) is 0 Å². The Labute approximate surface area is 62.3 Å². The smallest absolute Gasteiger partial charge is 0.320 e. The molecule has 0 N–H and O–H groups in total. The molecule has 0 aromatic rings. The fourth-order valence-corrected chi connectivity index (χ4v) is 0.394. The predicted molar refractivity (Wildman–Crippen MR) is 33.3 cm³/mol. The molecular formula is C5H7NO5. The number of rotatable bonds is 3. The molecule has 62 valence electrons. The van der Waals surface area contributed by atoms with Crippen LogP contribution in [0, 0.1) is 10.1 Å². The number of carbonyl (C=O) groups is 2. The van der Waals surface area contributed by atoms with Crippen LogP contribution in [0.5, 0.6) is 0 Å². The second-order valence-electron chi connectivity index (χ2n) is 1.77. The van der Waals surface area contributed by atoms with Gasteiger partial charge in [-0.05, 0) is 0 Å². The summed E-state index contributed by atoms with van der Waals surface area (Å²) in [6.07, 6.45) is -0.368. The Morgan fingerprint density at radius 2 is 2.09 bits per heavy atom. The molecular weight excluding hydrogens is 154 g/mol. The fraction of sp³-hybridized carbons (Fsp3) is 0.600. The summed E-state index contributed by atoms with van der Waals surface area (Å²) in [6, 6.07) is 0. The van der Waals surface area contributed by atoms with E-state index < -0.39 is 23.4 Å². The van der Waals surface area contributed by atoms with Crippen LogP contribution < -0.4 is 0 Å². The van der Waals surface area contributed by atoms with Crippen molar-refractivity contribution < 1.29 is 19.2 Å². The van der Waals surface area contributed by atoms with Crippen molar-refractivity contribution >= 4 is 11.9 Å². The highest BCUT2D eigenvalue weighted by Crippen LogP contribution is 1.87. The van der Waals surface area contributed by atoms with E-state index in [1.54, 1.807) is 0 Å². The van der Waals surface area contributed by atoms with Gasteiger partial charge >= 0.3 is 11.9 Å². The highest BCUT2D eigenvalue weighted by molar-refractivity contribution is 5.84. The maximum Gasteiger partial charge on any atom is 0.320 e. The van der Waals surface area contributed by atoms with E-state index in [4.69, 9.17) is 0 Å². The van der Waals surface area contributed by atoms with Crippen LogP contribution in [0.1, 0.15) is 13.3 Å². The van der Waals surface area contributed by atoms with Crippen molar-refractivity contribution in [1.82, 2.24) is 0 Å². The van der Waals surface area contributed by atoms with Gasteiger partial charge in [0.1, 0.15) is 6.42 Å². The molecule has 0 aliphatic rings. The van der Waals surface area contributed by atoms with Crippen molar-refractivity contribution in [3.63, 3.8) is 0 Å². The molecule has 0 aliphatic heterocycles. The third-order valence-corrected chi connectivity index (χ3v) is 0.756. The van der Waals surface area contributed by atoms with Crippen LogP contribution in [0.15, 0.2) is 0 Å². The maximum absolute atomic E-state index is 10.4. The quantitative estimate of drug-likeness (QED) is 0.246. The Morgan fingerprint density at radius 1 is 1.55 bits per heavy atom. The van der Waals surface area contributed by atoms with E-state index in [1.165, 1.54) is 0 Å². The number of esters is 2. The van der Waals surface area contributed by atoms with Gasteiger partial charge in [-0.2, -0.15) is 0 Å². The fourth-order valence-electron chi connectivity index (χ4n) is 0.394. The Morgan fingerprint density at radius 3 is 2.45 bits per heavy atom. The van der Waals surface area contributed by atoms with E-state index in [1.807, 2.05) is 0 Å². The molecule has 0 unspecified atom stereocenters. The van der Waals surface area contributed by atoms with Crippen LogP contribution in [0.4, 0.5) is 0 Å². The average Bonchev–Trinajstić information content (AvgIpc) is 1.82. The van der Waals surface area contributed by atoms with Gasteiger partial charge in [0.25, 0.3) is 0 Å². The van der Waals surface area contributed by atoms with Crippen LogP contribution in [-0.2, 0) is 14.3 Å². The number of ether oxygens (including phenoxy) is 1. The first kappa shape index (κ1) is 9.54. The van der Waals surface area contributed by atoms with E-state index in [0.717, 1.165) is 6.92 Å². The first-order chi connectivity index (χ1) is 5.02. The normalized spacial score (nSPS) is 8.82. The number of nitrogens with zero attached hydrogens (tertiary/aromatic N) is 1. The zero-order chi connectivity index (χ0) is 8.85. The highest BCUT2D eigenvalue weighted by atomic mass is 16.6. The molecule has 6 heteroatoms. The Kier molecular flexibility index (Phi) is 3.79. The zero-order valence-electron chi connectivity index (χ0n) is 5.90. The monoisotopic (exact) mass is 161 g/mol. The van der Waals surface area contributed by atoms with Crippen LogP contribution in [0.25, 0.3) is 0 Å². The van der Waals surface area contributed by atoms with E-state index in [9.17, 15) is 19.7 Å². The van der Waals surface area contributed by atoms with Crippen LogP contribution >= 0.6 is 0 Å². The largest absolute Gasteiger partial charge is 0.393 e. The van der Waals surface area contributed by atoms with E-state index in [2.05, 4.69) is 4.74 Å². The Balaban J connectivity index is 3.53. The minimum Gasteiger partial charge on any atom is -0.393 e. The number of nitro groups is 1. The standard InChI is InChI=1S/C5H7NO5/c1-4(7)11-5(8)2-3-6(9)10/h2-3H2,1H3. The molecule has 0 saturated heterocycles. The van der Waals surface area contributed by atoms with Gasteiger partial charge in [-0.1, -0.05) is 0 Å². The van der Waals surface area contributed by atoms with Gasteiger partial charge < -0.3 is 4.74 Å². The number of hydrogen-bond acceptors (Lipinski definition) is 5. The van der Waals surface area contributed by atoms with E-state index in [-0.39, 0.29) is 6.42 Å².